The fourth-order valence-electron chi connectivity index (χ4n) is 6.32. The van der Waals surface area contributed by atoms with Gasteiger partial charge < -0.3 is 9.47 Å². The van der Waals surface area contributed by atoms with Crippen molar-refractivity contribution in [3.8, 4) is 0 Å². The van der Waals surface area contributed by atoms with Crippen LogP contribution in [0.25, 0.3) is 0 Å². The minimum atomic E-state index is 0.0330. The summed E-state index contributed by atoms with van der Waals surface area (Å²) in [4.78, 5) is 5.09. The van der Waals surface area contributed by atoms with E-state index in [0.29, 0.717) is 6.04 Å². The Balaban J connectivity index is 1.35. The van der Waals surface area contributed by atoms with E-state index in [-0.39, 0.29) is 17.2 Å². The molecule has 5 heteroatoms. The lowest BCUT2D eigenvalue weighted by Gasteiger charge is -2.36. The van der Waals surface area contributed by atoms with E-state index in [1.807, 2.05) is 0 Å². The monoisotopic (exact) mass is 392 g/mol. The minimum absolute atomic E-state index is 0.0330. The van der Waals surface area contributed by atoms with E-state index in [1.54, 1.807) is 0 Å². The molecule has 0 bridgehead atoms. The predicted octanol–water partition coefficient (Wildman–Crippen LogP) is 4.07. The molecular weight excluding hydrogens is 355 g/mol. The zero-order valence-electron chi connectivity index (χ0n) is 17.7. The molecule has 4 aliphatic heterocycles. The van der Waals surface area contributed by atoms with E-state index in [2.05, 4.69) is 30.2 Å². The molecule has 0 aromatic rings. The maximum atomic E-state index is 13.1. The van der Waals surface area contributed by atoms with Gasteiger partial charge in [0.2, 0.25) is 0 Å². The quantitative estimate of drug-likeness (QED) is 0.581. The summed E-state index contributed by atoms with van der Waals surface area (Å²) in [7, 11) is 0. The molecule has 0 aliphatic carbocycles. The second-order valence-electron chi connectivity index (χ2n) is 9.56. The summed E-state index contributed by atoms with van der Waals surface area (Å²) in [5.41, 5.74) is 2.48. The van der Waals surface area contributed by atoms with Crippen LogP contribution in [0.15, 0.2) is 24.1 Å². The summed E-state index contributed by atoms with van der Waals surface area (Å²) in [6, 6.07) is 0.403. The van der Waals surface area contributed by atoms with Gasteiger partial charge in [-0.25, -0.2) is 4.39 Å². The van der Waals surface area contributed by atoms with Crippen LogP contribution in [0.5, 0.6) is 0 Å². The number of rotatable bonds is 8. The molecule has 4 atom stereocenters. The zero-order chi connectivity index (χ0) is 19.8. The van der Waals surface area contributed by atoms with Gasteiger partial charge in [-0.1, -0.05) is 12.2 Å². The Kier molecular flexibility index (Phi) is 5.99. The third-order valence-corrected chi connectivity index (χ3v) is 7.67. The van der Waals surface area contributed by atoms with Gasteiger partial charge >= 0.3 is 0 Å². The third kappa shape index (κ3) is 3.60. The molecule has 28 heavy (non-hydrogen) atoms. The van der Waals surface area contributed by atoms with Crippen molar-refractivity contribution in [1.82, 2.24) is 9.80 Å². The van der Waals surface area contributed by atoms with E-state index in [0.717, 1.165) is 77.0 Å². The van der Waals surface area contributed by atoms with Gasteiger partial charge in [-0.15, -0.1) is 0 Å². The average Bonchev–Trinajstić information content (AvgIpc) is 3.39. The Bertz CT molecular complexity index is 624. The van der Waals surface area contributed by atoms with Crippen LogP contribution in [0.2, 0.25) is 0 Å². The molecule has 158 valence electrons. The number of hydrogen-bond acceptors (Lipinski definition) is 4. The summed E-state index contributed by atoms with van der Waals surface area (Å²) in [6.45, 7) is 14.0. The molecule has 0 amide bonds. The van der Waals surface area contributed by atoms with Crippen LogP contribution < -0.4 is 0 Å². The number of hydrogen-bond donors (Lipinski definition) is 0. The second-order valence-corrected chi connectivity index (χ2v) is 9.56. The first-order valence-electron chi connectivity index (χ1n) is 11.2. The van der Waals surface area contributed by atoms with Gasteiger partial charge in [0.15, 0.2) is 0 Å². The molecule has 0 N–H and O–H groups in total. The number of halogens is 1. The first kappa shape index (κ1) is 20.5. The van der Waals surface area contributed by atoms with Gasteiger partial charge in [-0.2, -0.15) is 0 Å². The Morgan fingerprint density at radius 3 is 2.79 bits per heavy atom. The summed E-state index contributed by atoms with van der Waals surface area (Å²) in [5, 5.41) is 0. The molecule has 4 fully saturated rings. The lowest BCUT2D eigenvalue weighted by Crippen LogP contribution is -2.47. The Morgan fingerprint density at radius 1 is 1.21 bits per heavy atom. The molecule has 4 saturated heterocycles. The lowest BCUT2D eigenvalue weighted by atomic mass is 9.92. The van der Waals surface area contributed by atoms with Crippen molar-refractivity contribution in [3.63, 3.8) is 0 Å². The van der Waals surface area contributed by atoms with E-state index in [4.69, 9.17) is 9.47 Å². The van der Waals surface area contributed by atoms with Crippen molar-refractivity contribution in [2.75, 3.05) is 39.5 Å². The van der Waals surface area contributed by atoms with Crippen molar-refractivity contribution in [2.24, 2.45) is 0 Å². The van der Waals surface area contributed by atoms with Gasteiger partial charge in [0, 0.05) is 30.3 Å². The van der Waals surface area contributed by atoms with Gasteiger partial charge in [0.05, 0.1) is 25.6 Å². The molecular formula is C23H37FN2O2. The van der Waals surface area contributed by atoms with Crippen LogP contribution in [0, 0.1) is 0 Å². The topological polar surface area (TPSA) is 24.9 Å². The Labute approximate surface area is 169 Å². The lowest BCUT2D eigenvalue weighted by molar-refractivity contribution is -0.0223. The molecule has 4 rings (SSSR count). The van der Waals surface area contributed by atoms with Crippen molar-refractivity contribution in [3.05, 3.63) is 24.1 Å². The van der Waals surface area contributed by atoms with Gasteiger partial charge in [-0.05, 0) is 77.5 Å². The average molecular weight is 393 g/mol. The van der Waals surface area contributed by atoms with Crippen molar-refractivity contribution in [2.45, 2.75) is 82.0 Å². The van der Waals surface area contributed by atoms with Gasteiger partial charge in [0.25, 0.3) is 0 Å². The summed E-state index contributed by atoms with van der Waals surface area (Å²) in [6.07, 6.45) is 8.67. The summed E-state index contributed by atoms with van der Waals surface area (Å²) >= 11 is 0. The summed E-state index contributed by atoms with van der Waals surface area (Å²) < 4.78 is 25.3. The molecule has 0 radical (unpaired) electrons. The smallest absolute Gasteiger partial charge is 0.0872 e. The molecule has 4 aliphatic rings. The van der Waals surface area contributed by atoms with Crippen LogP contribution in [0.1, 0.15) is 58.8 Å². The highest BCUT2D eigenvalue weighted by Crippen LogP contribution is 2.46. The van der Waals surface area contributed by atoms with Crippen LogP contribution >= 0.6 is 0 Å². The first-order valence-corrected chi connectivity index (χ1v) is 11.2. The Morgan fingerprint density at radius 2 is 2.00 bits per heavy atom. The van der Waals surface area contributed by atoms with E-state index in [1.165, 1.54) is 24.8 Å². The van der Waals surface area contributed by atoms with Crippen molar-refractivity contribution >= 4 is 0 Å². The number of nitrogens with zero attached hydrogens (tertiary/aromatic N) is 2. The van der Waals surface area contributed by atoms with Gasteiger partial charge in [-0.3, -0.25) is 9.80 Å². The maximum absolute atomic E-state index is 13.1. The normalized spacial score (nSPS) is 38.5. The predicted molar refractivity (Wildman–Crippen MR) is 110 cm³/mol. The second kappa shape index (κ2) is 8.17. The number of ether oxygens (including phenoxy) is 2. The summed E-state index contributed by atoms with van der Waals surface area (Å²) in [5.74, 6) is 0. The highest BCUT2D eigenvalue weighted by molar-refractivity contribution is 5.24. The molecule has 0 saturated carbocycles. The highest BCUT2D eigenvalue weighted by atomic mass is 19.1. The minimum Gasteiger partial charge on any atom is -0.380 e. The third-order valence-electron chi connectivity index (χ3n) is 7.67. The largest absolute Gasteiger partial charge is 0.380 e. The van der Waals surface area contributed by atoms with Crippen LogP contribution in [0.4, 0.5) is 4.39 Å². The van der Waals surface area contributed by atoms with E-state index < -0.39 is 0 Å². The molecule has 0 aromatic heterocycles. The molecule has 2 unspecified atom stereocenters. The zero-order valence-corrected chi connectivity index (χ0v) is 17.7. The molecule has 4 nitrogen and oxygen atoms in total. The SMILES string of the molecule is C=C1C[C@]2(COCC)CCCN2C1CC(C)OC[C@@]12CCCN1C/C(=C\F)C2. The van der Waals surface area contributed by atoms with E-state index >= 15 is 0 Å². The first-order chi connectivity index (χ1) is 13.5. The fourth-order valence-corrected chi connectivity index (χ4v) is 6.32. The van der Waals surface area contributed by atoms with Gasteiger partial charge in [0.1, 0.15) is 0 Å². The van der Waals surface area contributed by atoms with Crippen molar-refractivity contribution < 1.29 is 13.9 Å². The number of fused-ring (bicyclic) bond motifs is 2. The van der Waals surface area contributed by atoms with Crippen LogP contribution in [0.3, 0.4) is 0 Å². The van der Waals surface area contributed by atoms with E-state index in [9.17, 15) is 4.39 Å². The molecule has 0 spiro atoms. The van der Waals surface area contributed by atoms with Crippen LogP contribution in [-0.4, -0.2) is 72.5 Å². The maximum Gasteiger partial charge on any atom is 0.0872 e. The van der Waals surface area contributed by atoms with Crippen LogP contribution in [-0.2, 0) is 9.47 Å². The highest BCUT2D eigenvalue weighted by Gasteiger charge is 2.51. The fraction of sp³-hybridized carbons (Fsp3) is 0.826. The Hall–Kier alpha value is -0.750. The molecule has 0 aromatic carbocycles. The van der Waals surface area contributed by atoms with Crippen molar-refractivity contribution in [1.29, 1.82) is 0 Å². The molecule has 4 heterocycles. The standard InChI is InChI=1S/C23H37FN2O2/c1-4-27-16-23-8-6-10-26(23)21(18(2)12-23)11-19(3)28-17-22-7-5-9-25(22)15-20(13-22)14-24/h14,19,21H,2,4-13,15-17H2,1,3H3/b20-14-/t19?,21?,22-,23-/m0/s1.